The number of H-pyrrole nitrogens is 8. The van der Waals surface area contributed by atoms with Crippen LogP contribution < -0.4 is 21.7 Å². The van der Waals surface area contributed by atoms with Crippen LogP contribution in [-0.4, -0.2) is 139 Å². The number of pyridine rings is 8. The highest BCUT2D eigenvalue weighted by molar-refractivity contribution is 7.15. The summed E-state index contributed by atoms with van der Waals surface area (Å²) in [6.45, 7) is 7.75. The number of nitrogen functional groups attached to an aromatic ring is 1. The van der Waals surface area contributed by atoms with E-state index < -0.39 is 0 Å². The Bertz CT molecular complexity index is 8750. The number of nitrogens with zero attached hydrogens (tertiary/aromatic N) is 16. The van der Waals surface area contributed by atoms with Crippen molar-refractivity contribution < 1.29 is 22.8 Å². The van der Waals surface area contributed by atoms with E-state index >= 15 is 0 Å². The van der Waals surface area contributed by atoms with Crippen molar-refractivity contribution >= 4 is 162 Å². The molecule has 1 aliphatic rings. The molecule has 0 atom stereocenters. The molecule has 0 spiro atoms. The minimum Gasteiger partial charge on any atom is -0.397 e. The molecule has 1 saturated carbocycles. The number of imidazole rings is 4. The minimum absolute atomic E-state index is 0. The van der Waals surface area contributed by atoms with Crippen LogP contribution >= 0.6 is 45.3 Å². The zero-order valence-corrected chi connectivity index (χ0v) is 78.1. The maximum atomic E-state index is 13.7. The van der Waals surface area contributed by atoms with Crippen LogP contribution in [0.2, 0.25) is 0 Å². The minimum atomic E-state index is -0.258. The summed E-state index contributed by atoms with van der Waals surface area (Å²) in [5.41, 5.74) is 32.5. The molecule has 722 valence electrons. The van der Waals surface area contributed by atoms with Crippen LogP contribution in [0.5, 0.6) is 0 Å². The zero-order valence-electron chi connectivity index (χ0n) is 74.8. The van der Waals surface area contributed by atoms with Gasteiger partial charge in [-0.05, 0) is 180 Å². The van der Waals surface area contributed by atoms with Gasteiger partial charge in [0.15, 0.2) is 38.7 Å². The highest BCUT2D eigenvalue weighted by Gasteiger charge is 2.25. The Kier molecular flexibility index (Phi) is 28.6. The number of thiophene rings is 4. The van der Waals surface area contributed by atoms with Crippen molar-refractivity contribution in [2.75, 3.05) is 22.9 Å². The van der Waals surface area contributed by atoms with Crippen LogP contribution in [0.1, 0.15) is 94.6 Å². The lowest BCUT2D eigenvalue weighted by Crippen LogP contribution is -2.20. The summed E-state index contributed by atoms with van der Waals surface area (Å²) in [5.74, 6) is 3.49. The second-order valence-electron chi connectivity index (χ2n) is 34.1. The number of carbonyl (C=O) groups is 2. The first-order chi connectivity index (χ1) is 68.5. The molecule has 0 unspecified atom stereocenters. The molecule has 0 aliphatic heterocycles. The molecule has 1 fully saturated rings. The van der Waals surface area contributed by atoms with E-state index in [0.29, 0.717) is 75.5 Å². The standard InChI is InChI=1S/C29H27N7S.C27H22FN7OS.C25H18FN7OS.C22H14FN7S.4CH4/c1-2-5-18(4-1)12-30-13-19-10-21(15-31-14-19)20-7-8-24-22(11-20)28(36-35-24)29-33-25-17-32-16-23(27(25)34-29)26-6-3-9-37-26;1-14(2)7-24(36)31-17-8-16(10-29-11-17)15-3-4-20-18(9-15)26(35-34-20)27-32-21-13-30-12-19(25(21)33-27)22-5-6-23(28)37-22;1-2-22(34)29-15-7-14(9-27-10-15)13-3-4-18-16(8-13)24(33-32-18)25-30-19-12-28-11-17(23(19)31-25)20-5-6-21(26)35-20;23-19-4-3-18(31-19)15-9-26-10-17-20(15)28-22(27-17)21-14-6-11(1-2-16(14)29-30-21)12-5-13(24)8-25-7-12;;;;/h3,6-11,14-18,30H,1-2,4-5,12-13H2,(H,33,34)(H,35,36);3-6,8-14H,7H2,1-2H3,(H,31,36)(H,32,33)(H,34,35);3-12H,2H2,1H3,(H,29,34)(H,30,31)(H,32,33);1-10H,24H2,(H,27,28)(H,29,30);4*1H4. The number of rotatable bonds is 21. The number of aromatic nitrogens is 24. The summed E-state index contributed by atoms with van der Waals surface area (Å²) in [6.07, 6.45) is 34.3. The van der Waals surface area contributed by atoms with Crippen LogP contribution in [-0.2, 0) is 16.1 Å². The first-order valence-electron chi connectivity index (χ1n) is 45.0. The second kappa shape index (κ2) is 42.3. The molecule has 20 aromatic heterocycles. The Morgan fingerprint density at radius 3 is 1.10 bits per heavy atom. The number of benzene rings is 4. The van der Waals surface area contributed by atoms with Gasteiger partial charge in [-0.2, -0.15) is 33.6 Å². The van der Waals surface area contributed by atoms with E-state index in [9.17, 15) is 22.8 Å². The van der Waals surface area contributed by atoms with Crippen LogP contribution in [0.15, 0.2) is 250 Å². The summed E-state index contributed by atoms with van der Waals surface area (Å²) >= 11 is 4.87. The van der Waals surface area contributed by atoms with Crippen molar-refractivity contribution in [2.24, 2.45) is 11.8 Å². The maximum Gasteiger partial charge on any atom is 0.224 e. The number of amides is 2. The molecule has 37 heteroatoms. The number of carbonyl (C=O) groups excluding carboxylic acids is 2. The molecule has 0 radical (unpaired) electrons. The van der Waals surface area contributed by atoms with Crippen molar-refractivity contribution in [1.82, 2.24) is 126 Å². The Hall–Kier alpha value is -16.9. The van der Waals surface area contributed by atoms with Gasteiger partial charge in [0, 0.05) is 167 Å². The lowest BCUT2D eigenvalue weighted by atomic mass is 10.0. The van der Waals surface area contributed by atoms with Gasteiger partial charge in [0.2, 0.25) is 11.8 Å². The van der Waals surface area contributed by atoms with Crippen LogP contribution in [0, 0.1) is 27.2 Å². The fourth-order valence-electron chi connectivity index (χ4n) is 17.4. The maximum absolute atomic E-state index is 13.7. The van der Waals surface area contributed by atoms with Gasteiger partial charge in [-0.15, -0.1) is 45.3 Å². The highest BCUT2D eigenvalue weighted by Crippen LogP contribution is 2.43. The third-order valence-electron chi connectivity index (χ3n) is 24.1. The lowest BCUT2D eigenvalue weighted by Gasteiger charge is -2.11. The Labute approximate surface area is 838 Å². The molecule has 0 bridgehead atoms. The second-order valence-corrected chi connectivity index (χ2v) is 38.2. The fraction of sp³-hybridized carbons (Fsp3) is 0.159. The number of fused-ring (bicyclic) bond motifs is 8. The quantitative estimate of drug-likeness (QED) is 0.0318. The van der Waals surface area contributed by atoms with Crippen molar-refractivity contribution in [3.63, 3.8) is 0 Å². The molecule has 4 aromatic carbocycles. The first kappa shape index (κ1) is 97.4. The topological polar surface area (TPSA) is 429 Å². The normalized spacial score (nSPS) is 11.9. The van der Waals surface area contributed by atoms with Crippen LogP contribution in [0.3, 0.4) is 0 Å². The van der Waals surface area contributed by atoms with E-state index in [-0.39, 0.29) is 62.8 Å². The van der Waals surface area contributed by atoms with Gasteiger partial charge in [0.05, 0.1) is 98.4 Å². The average molecular weight is 1990 g/mol. The lowest BCUT2D eigenvalue weighted by molar-refractivity contribution is -0.117. The molecule has 144 heavy (non-hydrogen) atoms. The van der Waals surface area contributed by atoms with Gasteiger partial charge in [-0.3, -0.25) is 69.9 Å². The van der Waals surface area contributed by atoms with Gasteiger partial charge < -0.3 is 41.6 Å². The van der Waals surface area contributed by atoms with Crippen molar-refractivity contribution in [2.45, 2.75) is 95.5 Å². The first-order valence-corrected chi connectivity index (χ1v) is 48.3. The molecule has 25 rings (SSSR count). The summed E-state index contributed by atoms with van der Waals surface area (Å²) in [5, 5.41) is 44.9. The van der Waals surface area contributed by atoms with Gasteiger partial charge in [0.25, 0.3) is 0 Å². The molecule has 2 amide bonds. The molecular formula is C107H97F3N28O2S4. The predicted octanol–water partition coefficient (Wildman–Crippen LogP) is 26.3. The summed E-state index contributed by atoms with van der Waals surface area (Å²) < 4.78 is 40.9. The Balaban J connectivity index is 0.000000125. The number of aromatic amines is 8. The number of halogens is 3. The third-order valence-corrected chi connectivity index (χ3v) is 27.7. The van der Waals surface area contributed by atoms with Gasteiger partial charge in [-0.1, -0.05) is 93.7 Å². The molecule has 30 nitrogen and oxygen atoms in total. The molecular weight excluding hydrogens is 1890 g/mol. The van der Waals surface area contributed by atoms with Gasteiger partial charge in [0.1, 0.15) is 44.8 Å². The molecule has 0 saturated heterocycles. The van der Waals surface area contributed by atoms with E-state index in [0.717, 1.165) is 228 Å². The van der Waals surface area contributed by atoms with Crippen molar-refractivity contribution in [3.8, 4) is 132 Å². The SMILES string of the molecule is C.C.C.C.CC(C)CC(=O)Nc1cncc(-c2ccc3[nH]nc(-c4nc5c(-c6ccc(F)s6)cncc5[nH]4)c3c2)c1.CCC(=O)Nc1cncc(-c2ccc3[nH]nc(-c4nc5c(-c6ccc(F)s6)cncc5[nH]4)c3c2)c1.Nc1cncc(-c2ccc3[nH]nc(-c4nc5c(-c6ccc(F)s6)cncc5[nH]4)c3c2)c1.c1csc(-c2cncc3[nH]c(-c4n[nH]c5ccc(-c6cncc(CNCC7CCCC7)c6)cc45)nc23)c1. The van der Waals surface area contributed by atoms with Gasteiger partial charge in [-0.25, -0.2) is 19.9 Å². The predicted molar refractivity (Wildman–Crippen MR) is 574 cm³/mol. The molecule has 20 heterocycles. The summed E-state index contributed by atoms with van der Waals surface area (Å²) in [6, 6.07) is 45.8. The van der Waals surface area contributed by atoms with Gasteiger partial charge >= 0.3 is 0 Å². The van der Waals surface area contributed by atoms with E-state index in [2.05, 4.69) is 152 Å². The zero-order chi connectivity index (χ0) is 95.0. The molecule has 24 aromatic rings. The third kappa shape index (κ3) is 20.3. The smallest absolute Gasteiger partial charge is 0.224 e. The van der Waals surface area contributed by atoms with Crippen molar-refractivity contribution in [3.05, 3.63) is 271 Å². The summed E-state index contributed by atoms with van der Waals surface area (Å²) in [4.78, 5) is 94.7. The monoisotopic (exact) mass is 1990 g/mol. The highest BCUT2D eigenvalue weighted by atomic mass is 32.1. The van der Waals surface area contributed by atoms with Crippen LogP contribution in [0.25, 0.3) is 220 Å². The number of hydrogen-bond acceptors (Lipinski definition) is 24. The van der Waals surface area contributed by atoms with E-state index in [1.54, 1.807) is 111 Å². The largest absolute Gasteiger partial charge is 0.397 e. The molecule has 13 N–H and O–H groups in total. The summed E-state index contributed by atoms with van der Waals surface area (Å²) in [7, 11) is 0. The Morgan fingerprint density at radius 2 is 0.743 bits per heavy atom. The van der Waals surface area contributed by atoms with Crippen LogP contribution in [0.4, 0.5) is 30.2 Å². The van der Waals surface area contributed by atoms with E-state index in [1.807, 2.05) is 117 Å². The number of anilines is 3. The average Bonchev–Trinajstić information content (AvgIpc) is 1.63. The number of nitrogens with one attached hydrogen (secondary N) is 11. The van der Waals surface area contributed by atoms with E-state index in [1.165, 1.54) is 49.4 Å². The number of nitrogens with two attached hydrogens (primary N) is 1. The van der Waals surface area contributed by atoms with E-state index in [4.69, 9.17) is 25.7 Å². The fourth-order valence-corrected chi connectivity index (χ4v) is 20.3. The molecule has 1 aliphatic carbocycles. The van der Waals surface area contributed by atoms with Crippen molar-refractivity contribution in [1.29, 1.82) is 0 Å². The number of hydrogen-bond donors (Lipinski definition) is 12. The Morgan fingerprint density at radius 1 is 0.389 bits per heavy atom.